The number of allylic oxidation sites excluding steroid dienone is 1. The highest BCUT2D eigenvalue weighted by atomic mass is 16.1. The van der Waals surface area contributed by atoms with Gasteiger partial charge in [-0.05, 0) is 25.7 Å². The van der Waals surface area contributed by atoms with Gasteiger partial charge in [0.1, 0.15) is 5.94 Å². The SMILES string of the molecule is CC(=C=O)N1CCC(C)CC1. The standard InChI is InChI=1S/C9H15NO/c1-8-3-5-10(6-4-8)9(2)7-11/h8H,3-6H2,1-2H3. The first-order valence-corrected chi connectivity index (χ1v) is 4.20. The fourth-order valence-electron chi connectivity index (χ4n) is 1.41. The van der Waals surface area contributed by atoms with E-state index in [1.54, 1.807) is 0 Å². The van der Waals surface area contributed by atoms with E-state index < -0.39 is 0 Å². The van der Waals surface area contributed by atoms with Crippen LogP contribution in [0.15, 0.2) is 5.70 Å². The summed E-state index contributed by atoms with van der Waals surface area (Å²) in [4.78, 5) is 12.4. The van der Waals surface area contributed by atoms with Crippen molar-refractivity contribution in [3.8, 4) is 0 Å². The van der Waals surface area contributed by atoms with Gasteiger partial charge in [0.15, 0.2) is 0 Å². The van der Waals surface area contributed by atoms with Gasteiger partial charge in [0.05, 0.1) is 5.70 Å². The van der Waals surface area contributed by atoms with Gasteiger partial charge >= 0.3 is 0 Å². The van der Waals surface area contributed by atoms with Crippen LogP contribution in [0.2, 0.25) is 0 Å². The molecule has 0 atom stereocenters. The second kappa shape index (κ2) is 3.59. The van der Waals surface area contributed by atoms with Crippen molar-refractivity contribution in [2.24, 2.45) is 5.92 Å². The molecule has 1 aliphatic heterocycles. The lowest BCUT2D eigenvalue weighted by molar-refractivity contribution is 0.239. The second-order valence-corrected chi connectivity index (χ2v) is 3.36. The van der Waals surface area contributed by atoms with Gasteiger partial charge in [-0.1, -0.05) is 6.92 Å². The van der Waals surface area contributed by atoms with Gasteiger partial charge in [0.2, 0.25) is 0 Å². The first-order valence-electron chi connectivity index (χ1n) is 4.20. The zero-order chi connectivity index (χ0) is 8.27. The highest BCUT2D eigenvalue weighted by Gasteiger charge is 2.15. The molecule has 2 nitrogen and oxygen atoms in total. The number of hydrogen-bond donors (Lipinski definition) is 0. The summed E-state index contributed by atoms with van der Waals surface area (Å²) < 4.78 is 0. The summed E-state index contributed by atoms with van der Waals surface area (Å²) in [6.07, 6.45) is 2.41. The molecule has 1 rings (SSSR count). The Bertz CT molecular complexity index is 174. The zero-order valence-corrected chi connectivity index (χ0v) is 7.26. The largest absolute Gasteiger partial charge is 0.366 e. The van der Waals surface area contributed by atoms with Crippen molar-refractivity contribution in [1.29, 1.82) is 0 Å². The highest BCUT2D eigenvalue weighted by molar-refractivity contribution is 5.50. The van der Waals surface area contributed by atoms with Crippen molar-refractivity contribution in [3.05, 3.63) is 5.70 Å². The Balaban J connectivity index is 2.45. The zero-order valence-electron chi connectivity index (χ0n) is 7.26. The van der Waals surface area contributed by atoms with Crippen LogP contribution in [0, 0.1) is 5.92 Å². The molecule has 11 heavy (non-hydrogen) atoms. The number of piperidine rings is 1. The summed E-state index contributed by atoms with van der Waals surface area (Å²) in [5, 5.41) is 0. The van der Waals surface area contributed by atoms with Crippen molar-refractivity contribution < 1.29 is 4.79 Å². The normalized spacial score (nSPS) is 19.6. The molecule has 1 heterocycles. The number of nitrogens with zero attached hydrogens (tertiary/aromatic N) is 1. The molecule has 62 valence electrons. The van der Waals surface area contributed by atoms with Crippen LogP contribution in [0.4, 0.5) is 0 Å². The number of rotatable bonds is 1. The lowest BCUT2D eigenvalue weighted by Crippen LogP contribution is -2.31. The molecule has 0 spiro atoms. The van der Waals surface area contributed by atoms with E-state index in [1.165, 1.54) is 12.8 Å². The molecule has 1 aliphatic rings. The molecule has 0 aromatic heterocycles. The van der Waals surface area contributed by atoms with Gasteiger partial charge in [-0.2, -0.15) is 0 Å². The number of carbonyl (C=O) groups excluding carboxylic acids is 1. The first kappa shape index (κ1) is 8.35. The maximum atomic E-state index is 10.3. The number of likely N-dealkylation sites (tertiary alicyclic amines) is 1. The molecular formula is C9H15NO. The Morgan fingerprint density at radius 3 is 2.45 bits per heavy atom. The molecule has 0 amide bonds. The Morgan fingerprint density at radius 1 is 1.45 bits per heavy atom. The smallest absolute Gasteiger partial charge is 0.145 e. The quantitative estimate of drug-likeness (QED) is 0.531. The average Bonchev–Trinajstić information content (AvgIpc) is 2.05. The van der Waals surface area contributed by atoms with E-state index in [2.05, 4.69) is 11.8 Å². The minimum Gasteiger partial charge on any atom is -0.366 e. The Kier molecular flexibility index (Phi) is 2.72. The van der Waals surface area contributed by atoms with Gasteiger partial charge < -0.3 is 4.90 Å². The van der Waals surface area contributed by atoms with E-state index in [0.717, 1.165) is 24.7 Å². The molecular weight excluding hydrogens is 138 g/mol. The molecule has 0 radical (unpaired) electrons. The van der Waals surface area contributed by atoms with Crippen LogP contribution in [-0.4, -0.2) is 23.9 Å². The lowest BCUT2D eigenvalue weighted by atomic mass is 9.99. The fraction of sp³-hybridized carbons (Fsp3) is 0.778. The predicted octanol–water partition coefficient (Wildman–Crippen LogP) is 1.45. The van der Waals surface area contributed by atoms with Gasteiger partial charge in [-0.25, -0.2) is 4.79 Å². The molecule has 0 saturated carbocycles. The lowest BCUT2D eigenvalue weighted by Gasteiger charge is -2.30. The van der Waals surface area contributed by atoms with Crippen LogP contribution in [0.3, 0.4) is 0 Å². The van der Waals surface area contributed by atoms with E-state index in [1.807, 2.05) is 12.9 Å². The minimum absolute atomic E-state index is 0.761. The molecule has 0 unspecified atom stereocenters. The Morgan fingerprint density at radius 2 is 2.00 bits per heavy atom. The summed E-state index contributed by atoms with van der Waals surface area (Å²) in [5.74, 6) is 2.77. The molecule has 1 saturated heterocycles. The van der Waals surface area contributed by atoms with Crippen molar-refractivity contribution in [1.82, 2.24) is 4.90 Å². The third-order valence-electron chi connectivity index (χ3n) is 2.41. The van der Waals surface area contributed by atoms with Crippen LogP contribution < -0.4 is 0 Å². The van der Waals surface area contributed by atoms with Crippen LogP contribution >= 0.6 is 0 Å². The van der Waals surface area contributed by atoms with Gasteiger partial charge in [-0.15, -0.1) is 0 Å². The van der Waals surface area contributed by atoms with Crippen molar-refractivity contribution in [2.45, 2.75) is 26.7 Å². The molecule has 2 heteroatoms. The average molecular weight is 153 g/mol. The minimum atomic E-state index is 0.761. The summed E-state index contributed by atoms with van der Waals surface area (Å²) in [7, 11) is 0. The molecule has 1 fully saturated rings. The highest BCUT2D eigenvalue weighted by Crippen LogP contribution is 2.17. The van der Waals surface area contributed by atoms with E-state index in [9.17, 15) is 4.79 Å². The van der Waals surface area contributed by atoms with Crippen LogP contribution in [0.5, 0.6) is 0 Å². The summed E-state index contributed by atoms with van der Waals surface area (Å²) in [6.45, 7) is 6.16. The van der Waals surface area contributed by atoms with E-state index in [4.69, 9.17) is 0 Å². The number of hydrogen-bond acceptors (Lipinski definition) is 2. The van der Waals surface area contributed by atoms with Gasteiger partial charge in [-0.3, -0.25) is 0 Å². The monoisotopic (exact) mass is 153 g/mol. The summed E-state index contributed by atoms with van der Waals surface area (Å²) >= 11 is 0. The second-order valence-electron chi connectivity index (χ2n) is 3.36. The van der Waals surface area contributed by atoms with Crippen molar-refractivity contribution in [2.75, 3.05) is 13.1 Å². The maximum Gasteiger partial charge on any atom is 0.145 e. The Hall–Kier alpha value is -0.750. The van der Waals surface area contributed by atoms with E-state index in [0.29, 0.717) is 0 Å². The van der Waals surface area contributed by atoms with Gasteiger partial charge in [0.25, 0.3) is 0 Å². The molecule has 0 aromatic carbocycles. The van der Waals surface area contributed by atoms with Crippen LogP contribution in [0.25, 0.3) is 0 Å². The Labute approximate surface area is 67.9 Å². The van der Waals surface area contributed by atoms with Crippen molar-refractivity contribution in [3.63, 3.8) is 0 Å². The summed E-state index contributed by atoms with van der Waals surface area (Å²) in [6, 6.07) is 0. The molecule has 0 aromatic rings. The predicted molar refractivity (Wildman–Crippen MR) is 44.9 cm³/mol. The van der Waals surface area contributed by atoms with E-state index >= 15 is 0 Å². The van der Waals surface area contributed by atoms with Gasteiger partial charge in [0, 0.05) is 13.1 Å². The maximum absolute atomic E-state index is 10.3. The molecule has 0 aliphatic carbocycles. The van der Waals surface area contributed by atoms with Crippen LogP contribution in [0.1, 0.15) is 26.7 Å². The third-order valence-corrected chi connectivity index (χ3v) is 2.41. The topological polar surface area (TPSA) is 20.3 Å². The van der Waals surface area contributed by atoms with E-state index in [-0.39, 0.29) is 0 Å². The van der Waals surface area contributed by atoms with Crippen LogP contribution in [-0.2, 0) is 4.79 Å². The third kappa shape index (κ3) is 2.09. The molecule has 0 bridgehead atoms. The molecule has 0 N–H and O–H groups in total. The fourth-order valence-corrected chi connectivity index (χ4v) is 1.41. The first-order chi connectivity index (χ1) is 5.24. The summed E-state index contributed by atoms with van der Waals surface area (Å²) in [5.41, 5.74) is 0.761. The van der Waals surface area contributed by atoms with Crippen molar-refractivity contribution >= 4 is 5.94 Å².